The van der Waals surface area contributed by atoms with Crippen molar-refractivity contribution in [2.24, 2.45) is 5.92 Å². The van der Waals surface area contributed by atoms with Gasteiger partial charge >= 0.3 is 0 Å². The highest BCUT2D eigenvalue weighted by atomic mass is 79.9. The second-order valence-electron chi connectivity index (χ2n) is 6.00. The van der Waals surface area contributed by atoms with Crippen LogP contribution in [0, 0.1) is 11.7 Å². The Morgan fingerprint density at radius 2 is 2.00 bits per heavy atom. The number of rotatable bonds is 3. The molecule has 2 atom stereocenters. The number of nitrogens with zero attached hydrogens (tertiary/aromatic N) is 2. The molecule has 0 aliphatic heterocycles. The van der Waals surface area contributed by atoms with Crippen LogP contribution < -0.4 is 0 Å². The van der Waals surface area contributed by atoms with Crippen molar-refractivity contribution in [3.05, 3.63) is 28.2 Å². The van der Waals surface area contributed by atoms with E-state index in [1.807, 2.05) is 6.92 Å². The number of halogens is 3. The standard InChI is InChI=1S/C16H19BrClFN2/c1-9(18)16-20-14-7-12(17)13(19)8-15(14)21(16)10(2)11-5-3-4-6-11/h7-11H,3-6H2,1-2H3. The van der Waals surface area contributed by atoms with E-state index in [1.54, 1.807) is 12.1 Å². The molecule has 0 saturated heterocycles. The van der Waals surface area contributed by atoms with E-state index >= 15 is 0 Å². The van der Waals surface area contributed by atoms with E-state index in [9.17, 15) is 4.39 Å². The number of aromatic nitrogens is 2. The Balaban J connectivity index is 2.17. The van der Waals surface area contributed by atoms with E-state index in [0.717, 1.165) is 16.9 Å². The average molecular weight is 374 g/mol. The predicted octanol–water partition coefficient (Wildman–Crippen LogP) is 5.99. The lowest BCUT2D eigenvalue weighted by molar-refractivity contribution is 0.359. The van der Waals surface area contributed by atoms with Crippen LogP contribution in [0.5, 0.6) is 0 Å². The number of alkyl halides is 1. The van der Waals surface area contributed by atoms with Gasteiger partial charge < -0.3 is 4.57 Å². The highest BCUT2D eigenvalue weighted by Gasteiger charge is 2.27. The third kappa shape index (κ3) is 2.72. The molecule has 1 saturated carbocycles. The number of benzene rings is 1. The molecular weight excluding hydrogens is 355 g/mol. The summed E-state index contributed by atoms with van der Waals surface area (Å²) in [5, 5.41) is -0.192. The third-order valence-corrected chi connectivity index (χ3v) is 5.41. The van der Waals surface area contributed by atoms with Crippen LogP contribution in [0.1, 0.15) is 56.8 Å². The molecule has 1 fully saturated rings. The minimum atomic E-state index is -0.254. The Morgan fingerprint density at radius 1 is 1.33 bits per heavy atom. The lowest BCUT2D eigenvalue weighted by Crippen LogP contribution is -2.17. The predicted molar refractivity (Wildman–Crippen MR) is 88.3 cm³/mol. The molecule has 0 amide bonds. The SMILES string of the molecule is CC(Cl)c1nc2cc(Br)c(F)cc2n1C(C)C1CCCC1. The summed E-state index contributed by atoms with van der Waals surface area (Å²) in [5.74, 6) is 1.21. The van der Waals surface area contributed by atoms with Crippen LogP contribution in [0.25, 0.3) is 11.0 Å². The first-order valence-electron chi connectivity index (χ1n) is 7.50. The molecule has 5 heteroatoms. The van der Waals surface area contributed by atoms with Gasteiger partial charge in [-0.1, -0.05) is 12.8 Å². The van der Waals surface area contributed by atoms with Gasteiger partial charge in [-0.3, -0.25) is 0 Å². The second kappa shape index (κ2) is 5.88. The zero-order chi connectivity index (χ0) is 15.1. The van der Waals surface area contributed by atoms with Gasteiger partial charge in [0, 0.05) is 12.1 Å². The molecule has 1 aromatic carbocycles. The Morgan fingerprint density at radius 3 is 2.62 bits per heavy atom. The van der Waals surface area contributed by atoms with Gasteiger partial charge in [0.15, 0.2) is 0 Å². The number of hydrogen-bond acceptors (Lipinski definition) is 1. The summed E-state index contributed by atoms with van der Waals surface area (Å²) in [7, 11) is 0. The van der Waals surface area contributed by atoms with Gasteiger partial charge in [0.25, 0.3) is 0 Å². The van der Waals surface area contributed by atoms with Gasteiger partial charge in [0.1, 0.15) is 11.6 Å². The fraction of sp³-hybridized carbons (Fsp3) is 0.562. The Labute approximate surface area is 137 Å². The van der Waals surface area contributed by atoms with Gasteiger partial charge in [0.2, 0.25) is 0 Å². The van der Waals surface area contributed by atoms with Crippen LogP contribution in [0.3, 0.4) is 0 Å². The highest BCUT2D eigenvalue weighted by molar-refractivity contribution is 9.10. The first-order valence-corrected chi connectivity index (χ1v) is 8.73. The number of imidazole rings is 1. The molecule has 2 unspecified atom stereocenters. The first kappa shape index (κ1) is 15.3. The summed E-state index contributed by atoms with van der Waals surface area (Å²) in [4.78, 5) is 4.64. The van der Waals surface area contributed by atoms with Gasteiger partial charge in [-0.15, -0.1) is 11.6 Å². The summed E-state index contributed by atoms with van der Waals surface area (Å²) in [6.45, 7) is 4.13. The maximum absolute atomic E-state index is 14.0. The van der Waals surface area contributed by atoms with Crippen molar-refractivity contribution in [3.8, 4) is 0 Å². The molecule has 1 aliphatic carbocycles. The van der Waals surface area contributed by atoms with Crippen molar-refractivity contribution < 1.29 is 4.39 Å². The van der Waals surface area contributed by atoms with Crippen LogP contribution in [-0.4, -0.2) is 9.55 Å². The fourth-order valence-electron chi connectivity index (χ4n) is 3.47. The summed E-state index contributed by atoms with van der Waals surface area (Å²) < 4.78 is 16.6. The number of hydrogen-bond donors (Lipinski definition) is 0. The van der Waals surface area contributed by atoms with Crippen molar-refractivity contribution in [1.29, 1.82) is 0 Å². The van der Waals surface area contributed by atoms with E-state index in [2.05, 4.69) is 32.4 Å². The molecule has 0 spiro atoms. The largest absolute Gasteiger partial charge is 0.324 e. The maximum atomic E-state index is 14.0. The van der Waals surface area contributed by atoms with Crippen molar-refractivity contribution in [2.45, 2.75) is 50.9 Å². The van der Waals surface area contributed by atoms with E-state index in [-0.39, 0.29) is 11.2 Å². The quantitative estimate of drug-likeness (QED) is 0.604. The highest BCUT2D eigenvalue weighted by Crippen LogP contribution is 2.38. The summed E-state index contributed by atoms with van der Waals surface area (Å²) >= 11 is 9.55. The van der Waals surface area contributed by atoms with Crippen LogP contribution in [-0.2, 0) is 0 Å². The molecule has 0 N–H and O–H groups in total. The molecule has 2 aromatic rings. The van der Waals surface area contributed by atoms with Gasteiger partial charge in [-0.25, -0.2) is 9.37 Å². The second-order valence-corrected chi connectivity index (χ2v) is 7.51. The molecule has 21 heavy (non-hydrogen) atoms. The van der Waals surface area contributed by atoms with E-state index in [4.69, 9.17) is 11.6 Å². The molecule has 1 aromatic heterocycles. The van der Waals surface area contributed by atoms with Crippen LogP contribution >= 0.6 is 27.5 Å². The lowest BCUT2D eigenvalue weighted by Gasteiger charge is -2.24. The molecule has 114 valence electrons. The Bertz CT molecular complexity index is 662. The van der Waals surface area contributed by atoms with Crippen LogP contribution in [0.4, 0.5) is 4.39 Å². The van der Waals surface area contributed by atoms with Gasteiger partial charge in [-0.05, 0) is 54.6 Å². The smallest absolute Gasteiger partial charge is 0.139 e. The molecule has 1 heterocycles. The fourth-order valence-corrected chi connectivity index (χ4v) is 3.95. The lowest BCUT2D eigenvalue weighted by atomic mass is 9.99. The van der Waals surface area contributed by atoms with Crippen LogP contribution in [0.2, 0.25) is 0 Å². The van der Waals surface area contributed by atoms with Crippen molar-refractivity contribution in [3.63, 3.8) is 0 Å². The molecule has 2 nitrogen and oxygen atoms in total. The average Bonchev–Trinajstić information content (AvgIpc) is 3.06. The zero-order valence-electron chi connectivity index (χ0n) is 12.2. The van der Waals surface area contributed by atoms with E-state index < -0.39 is 0 Å². The van der Waals surface area contributed by atoms with E-state index in [0.29, 0.717) is 16.4 Å². The minimum Gasteiger partial charge on any atom is -0.324 e. The van der Waals surface area contributed by atoms with E-state index in [1.165, 1.54) is 25.7 Å². The normalized spacial score (nSPS) is 19.3. The number of fused-ring (bicyclic) bond motifs is 1. The van der Waals surface area contributed by atoms with Crippen molar-refractivity contribution in [1.82, 2.24) is 9.55 Å². The zero-order valence-corrected chi connectivity index (χ0v) is 14.6. The molecule has 0 radical (unpaired) electrons. The van der Waals surface area contributed by atoms with Crippen molar-refractivity contribution >= 4 is 38.6 Å². The summed E-state index contributed by atoms with van der Waals surface area (Å²) in [6.07, 6.45) is 5.03. The van der Waals surface area contributed by atoms with Gasteiger partial charge in [-0.2, -0.15) is 0 Å². The summed E-state index contributed by atoms with van der Waals surface area (Å²) in [5.41, 5.74) is 1.65. The topological polar surface area (TPSA) is 17.8 Å². The Hall–Kier alpha value is -0.610. The first-order chi connectivity index (χ1) is 9.99. The Kier molecular flexibility index (Phi) is 4.28. The molecule has 1 aliphatic rings. The summed E-state index contributed by atoms with van der Waals surface area (Å²) in [6, 6.07) is 3.61. The monoisotopic (exact) mass is 372 g/mol. The van der Waals surface area contributed by atoms with Crippen LogP contribution in [0.15, 0.2) is 16.6 Å². The minimum absolute atomic E-state index is 0.192. The molecule has 0 bridgehead atoms. The van der Waals surface area contributed by atoms with Gasteiger partial charge in [0.05, 0.1) is 20.9 Å². The maximum Gasteiger partial charge on any atom is 0.139 e. The molecular formula is C16H19BrClFN2. The van der Waals surface area contributed by atoms with Crippen molar-refractivity contribution in [2.75, 3.05) is 0 Å². The third-order valence-electron chi connectivity index (χ3n) is 4.60. The molecule has 3 rings (SSSR count).